The molecule has 1 aromatic rings. The Balaban J connectivity index is 2.37. The van der Waals surface area contributed by atoms with Gasteiger partial charge in [-0.15, -0.1) is 0 Å². The molecule has 3 heteroatoms. The second kappa shape index (κ2) is 8.28. The summed E-state index contributed by atoms with van der Waals surface area (Å²) in [4.78, 5) is 2.23. The Labute approximate surface area is 116 Å². The first-order valence-electron chi connectivity index (χ1n) is 7.17. The molecule has 1 unspecified atom stereocenters. The van der Waals surface area contributed by atoms with Gasteiger partial charge in [0.2, 0.25) is 0 Å². The van der Waals surface area contributed by atoms with E-state index in [9.17, 15) is 9.50 Å². The van der Waals surface area contributed by atoms with Crippen molar-refractivity contribution in [1.82, 2.24) is 4.90 Å². The first-order valence-corrected chi connectivity index (χ1v) is 7.17. The lowest BCUT2D eigenvalue weighted by Gasteiger charge is -2.19. The molecule has 0 aliphatic rings. The number of aliphatic hydroxyl groups is 1. The summed E-state index contributed by atoms with van der Waals surface area (Å²) in [5, 5.41) is 10.1. The molecule has 0 fully saturated rings. The smallest absolute Gasteiger partial charge is 0.126 e. The van der Waals surface area contributed by atoms with Crippen molar-refractivity contribution in [3.63, 3.8) is 0 Å². The zero-order valence-corrected chi connectivity index (χ0v) is 12.3. The van der Waals surface area contributed by atoms with Crippen molar-refractivity contribution in [2.24, 2.45) is 0 Å². The molecule has 0 radical (unpaired) electrons. The normalized spacial score (nSPS) is 12.9. The zero-order valence-electron chi connectivity index (χ0n) is 12.3. The SMILES string of the molecule is CCCCCN(C)CCC(O)c1ccc(C)c(F)c1. The molecule has 0 bridgehead atoms. The number of hydrogen-bond acceptors (Lipinski definition) is 2. The van der Waals surface area contributed by atoms with Gasteiger partial charge >= 0.3 is 0 Å². The largest absolute Gasteiger partial charge is 0.388 e. The second-order valence-corrected chi connectivity index (χ2v) is 5.32. The third-order valence-electron chi connectivity index (χ3n) is 3.51. The van der Waals surface area contributed by atoms with E-state index in [2.05, 4.69) is 18.9 Å². The summed E-state index contributed by atoms with van der Waals surface area (Å²) >= 11 is 0. The van der Waals surface area contributed by atoms with Gasteiger partial charge in [0.15, 0.2) is 0 Å². The average molecular weight is 267 g/mol. The van der Waals surface area contributed by atoms with Gasteiger partial charge in [-0.2, -0.15) is 0 Å². The fourth-order valence-electron chi connectivity index (χ4n) is 2.07. The molecule has 0 aliphatic heterocycles. The Morgan fingerprint density at radius 1 is 1.26 bits per heavy atom. The lowest BCUT2D eigenvalue weighted by Crippen LogP contribution is -2.22. The van der Waals surface area contributed by atoms with Crippen LogP contribution in [0, 0.1) is 12.7 Å². The molecule has 0 aliphatic carbocycles. The third-order valence-corrected chi connectivity index (χ3v) is 3.51. The zero-order chi connectivity index (χ0) is 14.3. The monoisotopic (exact) mass is 267 g/mol. The Morgan fingerprint density at radius 2 is 2.00 bits per heavy atom. The molecule has 2 nitrogen and oxygen atoms in total. The van der Waals surface area contributed by atoms with Crippen molar-refractivity contribution >= 4 is 0 Å². The van der Waals surface area contributed by atoms with Crippen molar-refractivity contribution in [1.29, 1.82) is 0 Å². The predicted octanol–water partition coefficient (Wildman–Crippen LogP) is 3.68. The minimum atomic E-state index is -0.580. The van der Waals surface area contributed by atoms with E-state index in [0.717, 1.165) is 13.1 Å². The number of aliphatic hydroxyl groups excluding tert-OH is 1. The van der Waals surface area contributed by atoms with Crippen molar-refractivity contribution < 1.29 is 9.50 Å². The molecule has 0 aromatic heterocycles. The van der Waals surface area contributed by atoms with Gasteiger partial charge < -0.3 is 10.0 Å². The molecule has 0 heterocycles. The quantitative estimate of drug-likeness (QED) is 0.726. The van der Waals surface area contributed by atoms with Crippen molar-refractivity contribution in [3.05, 3.63) is 35.1 Å². The summed E-state index contributed by atoms with van der Waals surface area (Å²) in [6.45, 7) is 5.81. The van der Waals surface area contributed by atoms with Crippen LogP contribution in [0.2, 0.25) is 0 Å². The maximum Gasteiger partial charge on any atom is 0.126 e. The van der Waals surface area contributed by atoms with E-state index in [-0.39, 0.29) is 5.82 Å². The maximum atomic E-state index is 13.4. The highest BCUT2D eigenvalue weighted by atomic mass is 19.1. The van der Waals surface area contributed by atoms with Crippen molar-refractivity contribution in [2.45, 2.75) is 45.6 Å². The van der Waals surface area contributed by atoms with Crippen LogP contribution in [0.25, 0.3) is 0 Å². The number of benzene rings is 1. The molecule has 0 amide bonds. The van der Waals surface area contributed by atoms with Gasteiger partial charge in [-0.25, -0.2) is 4.39 Å². The summed E-state index contributed by atoms with van der Waals surface area (Å²) in [6.07, 6.45) is 3.73. The van der Waals surface area contributed by atoms with E-state index in [4.69, 9.17) is 0 Å². The molecular weight excluding hydrogens is 241 g/mol. The number of halogens is 1. The molecule has 108 valence electrons. The fraction of sp³-hybridized carbons (Fsp3) is 0.625. The number of hydrogen-bond donors (Lipinski definition) is 1. The highest BCUT2D eigenvalue weighted by Crippen LogP contribution is 2.19. The van der Waals surface area contributed by atoms with E-state index in [1.165, 1.54) is 25.3 Å². The van der Waals surface area contributed by atoms with Crippen LogP contribution in [0.15, 0.2) is 18.2 Å². The van der Waals surface area contributed by atoms with Gasteiger partial charge in [-0.3, -0.25) is 0 Å². The van der Waals surface area contributed by atoms with Crippen LogP contribution >= 0.6 is 0 Å². The first-order chi connectivity index (χ1) is 9.04. The van der Waals surface area contributed by atoms with E-state index in [1.54, 1.807) is 19.1 Å². The van der Waals surface area contributed by atoms with Gasteiger partial charge in [0, 0.05) is 6.54 Å². The Morgan fingerprint density at radius 3 is 2.63 bits per heavy atom. The molecule has 1 rings (SSSR count). The van der Waals surface area contributed by atoms with Crippen LogP contribution in [-0.2, 0) is 0 Å². The summed E-state index contributed by atoms with van der Waals surface area (Å²) in [5.74, 6) is -0.243. The van der Waals surface area contributed by atoms with Gasteiger partial charge in [0.05, 0.1) is 6.10 Å². The van der Waals surface area contributed by atoms with E-state index >= 15 is 0 Å². The van der Waals surface area contributed by atoms with Crippen LogP contribution < -0.4 is 0 Å². The number of aryl methyl sites for hydroxylation is 1. The third kappa shape index (κ3) is 5.70. The number of unbranched alkanes of at least 4 members (excludes halogenated alkanes) is 2. The van der Waals surface area contributed by atoms with Crippen LogP contribution in [0.5, 0.6) is 0 Å². The van der Waals surface area contributed by atoms with Crippen LogP contribution in [0.1, 0.15) is 49.8 Å². The minimum absolute atomic E-state index is 0.243. The molecule has 0 saturated carbocycles. The summed E-state index contributed by atoms with van der Waals surface area (Å²) < 4.78 is 13.4. The predicted molar refractivity (Wildman–Crippen MR) is 77.7 cm³/mol. The Hall–Kier alpha value is -0.930. The van der Waals surface area contributed by atoms with Crippen LogP contribution in [-0.4, -0.2) is 30.1 Å². The highest BCUT2D eigenvalue weighted by Gasteiger charge is 2.10. The highest BCUT2D eigenvalue weighted by molar-refractivity contribution is 5.24. The minimum Gasteiger partial charge on any atom is -0.388 e. The van der Waals surface area contributed by atoms with Crippen LogP contribution in [0.4, 0.5) is 4.39 Å². The molecule has 19 heavy (non-hydrogen) atoms. The molecule has 1 atom stereocenters. The summed E-state index contributed by atoms with van der Waals surface area (Å²) in [5.41, 5.74) is 1.29. The van der Waals surface area contributed by atoms with Gasteiger partial charge in [-0.05, 0) is 50.6 Å². The van der Waals surface area contributed by atoms with E-state index in [0.29, 0.717) is 17.5 Å². The summed E-state index contributed by atoms with van der Waals surface area (Å²) in [7, 11) is 2.07. The Kier molecular flexibility index (Phi) is 7.03. The van der Waals surface area contributed by atoms with E-state index in [1.807, 2.05) is 0 Å². The second-order valence-electron chi connectivity index (χ2n) is 5.32. The fourth-order valence-corrected chi connectivity index (χ4v) is 2.07. The average Bonchev–Trinajstić information content (AvgIpc) is 2.39. The molecular formula is C16H26FNO. The first kappa shape index (κ1) is 16.1. The van der Waals surface area contributed by atoms with Gasteiger partial charge in [0.1, 0.15) is 5.82 Å². The van der Waals surface area contributed by atoms with Crippen LogP contribution in [0.3, 0.4) is 0 Å². The summed E-state index contributed by atoms with van der Waals surface area (Å²) in [6, 6.07) is 4.97. The number of rotatable bonds is 8. The standard InChI is InChI=1S/C16H26FNO/c1-4-5-6-10-18(3)11-9-16(19)14-8-7-13(2)15(17)12-14/h7-8,12,16,19H,4-6,9-11H2,1-3H3. The number of nitrogens with zero attached hydrogens (tertiary/aromatic N) is 1. The van der Waals surface area contributed by atoms with Crippen molar-refractivity contribution in [2.75, 3.05) is 20.1 Å². The Bertz CT molecular complexity index is 381. The topological polar surface area (TPSA) is 23.5 Å². The van der Waals surface area contributed by atoms with Crippen molar-refractivity contribution in [3.8, 4) is 0 Å². The molecule has 0 saturated heterocycles. The van der Waals surface area contributed by atoms with Gasteiger partial charge in [0.25, 0.3) is 0 Å². The molecule has 1 aromatic carbocycles. The maximum absolute atomic E-state index is 13.4. The molecule has 0 spiro atoms. The lowest BCUT2D eigenvalue weighted by atomic mass is 10.0. The van der Waals surface area contributed by atoms with Gasteiger partial charge in [-0.1, -0.05) is 31.9 Å². The van der Waals surface area contributed by atoms with E-state index < -0.39 is 6.10 Å². The lowest BCUT2D eigenvalue weighted by molar-refractivity contribution is 0.148. The molecule has 1 N–H and O–H groups in total.